The summed E-state index contributed by atoms with van der Waals surface area (Å²) in [6, 6.07) is 18.1. The Morgan fingerprint density at radius 1 is 0.913 bits per heavy atom. The standard InChI is InChI=1S/C21H24OS/c1-3-4-5-7-10-17(2)21(22)18-13-15-20(16-14-18)23-19-11-8-6-9-12-19/h6,8-9,11-16H,2-5,7,10H2,1H3. The van der Waals surface area contributed by atoms with Crippen LogP contribution in [0.5, 0.6) is 0 Å². The minimum absolute atomic E-state index is 0.0813. The molecule has 0 fully saturated rings. The van der Waals surface area contributed by atoms with Crippen LogP contribution in [0.2, 0.25) is 0 Å². The van der Waals surface area contributed by atoms with Crippen LogP contribution < -0.4 is 0 Å². The molecule has 2 aromatic rings. The molecule has 0 bridgehead atoms. The zero-order valence-corrected chi connectivity index (χ0v) is 14.6. The number of Topliss-reactive ketones (excluding diaryl/α,β-unsaturated/α-hetero) is 1. The summed E-state index contributed by atoms with van der Waals surface area (Å²) >= 11 is 1.70. The Hall–Kier alpha value is -1.80. The zero-order valence-electron chi connectivity index (χ0n) is 13.8. The van der Waals surface area contributed by atoms with Crippen molar-refractivity contribution in [3.8, 4) is 0 Å². The van der Waals surface area contributed by atoms with Gasteiger partial charge >= 0.3 is 0 Å². The minimum Gasteiger partial charge on any atom is -0.289 e. The molecule has 0 atom stereocenters. The summed E-state index contributed by atoms with van der Waals surface area (Å²) < 4.78 is 0. The quantitative estimate of drug-likeness (QED) is 0.296. The molecule has 2 rings (SSSR count). The molecular weight excluding hydrogens is 300 g/mol. The number of carbonyl (C=O) groups is 1. The van der Waals surface area contributed by atoms with Crippen molar-refractivity contribution in [1.82, 2.24) is 0 Å². The van der Waals surface area contributed by atoms with Gasteiger partial charge in [-0.25, -0.2) is 0 Å². The molecular formula is C21H24OS. The predicted molar refractivity (Wildman–Crippen MR) is 99.2 cm³/mol. The van der Waals surface area contributed by atoms with Gasteiger partial charge in [0, 0.05) is 15.4 Å². The molecule has 0 aromatic heterocycles. The highest BCUT2D eigenvalue weighted by atomic mass is 32.2. The number of ketones is 1. The maximum atomic E-state index is 12.4. The molecule has 0 heterocycles. The van der Waals surface area contributed by atoms with Crippen LogP contribution in [0.25, 0.3) is 0 Å². The fourth-order valence-electron chi connectivity index (χ4n) is 2.38. The Labute approximate surface area is 143 Å². The third-order valence-electron chi connectivity index (χ3n) is 3.75. The lowest BCUT2D eigenvalue weighted by Crippen LogP contribution is -2.02. The van der Waals surface area contributed by atoms with Crippen molar-refractivity contribution < 1.29 is 4.79 Å². The summed E-state index contributed by atoms with van der Waals surface area (Å²) in [6.45, 7) is 6.15. The van der Waals surface area contributed by atoms with Crippen molar-refractivity contribution in [3.05, 3.63) is 72.3 Å². The monoisotopic (exact) mass is 324 g/mol. The maximum Gasteiger partial charge on any atom is 0.188 e. The lowest BCUT2D eigenvalue weighted by molar-refractivity contribution is 0.103. The van der Waals surface area contributed by atoms with Crippen molar-refractivity contribution in [2.45, 2.75) is 48.8 Å². The van der Waals surface area contributed by atoms with E-state index in [0.717, 1.165) is 28.9 Å². The van der Waals surface area contributed by atoms with Crippen molar-refractivity contribution in [1.29, 1.82) is 0 Å². The molecule has 0 saturated heterocycles. The molecule has 23 heavy (non-hydrogen) atoms. The normalized spacial score (nSPS) is 10.5. The summed E-state index contributed by atoms with van der Waals surface area (Å²) in [5.74, 6) is 0.0813. The van der Waals surface area contributed by atoms with E-state index in [0.29, 0.717) is 0 Å². The molecule has 2 aromatic carbocycles. The molecule has 0 amide bonds. The Balaban J connectivity index is 1.90. The predicted octanol–water partition coefficient (Wildman–Crippen LogP) is 6.55. The fourth-order valence-corrected chi connectivity index (χ4v) is 3.22. The van der Waals surface area contributed by atoms with Gasteiger partial charge in [-0.15, -0.1) is 0 Å². The SMILES string of the molecule is C=C(CCCCCC)C(=O)c1ccc(Sc2ccccc2)cc1. The summed E-state index contributed by atoms with van der Waals surface area (Å²) in [7, 11) is 0. The van der Waals surface area contributed by atoms with Gasteiger partial charge in [0.15, 0.2) is 5.78 Å². The highest BCUT2D eigenvalue weighted by molar-refractivity contribution is 7.99. The second-order valence-electron chi connectivity index (χ2n) is 5.68. The first-order chi connectivity index (χ1) is 11.2. The molecule has 0 N–H and O–H groups in total. The first kappa shape index (κ1) is 17.6. The molecule has 0 aliphatic carbocycles. The molecule has 120 valence electrons. The third kappa shape index (κ3) is 5.72. The van der Waals surface area contributed by atoms with Gasteiger partial charge in [-0.2, -0.15) is 0 Å². The molecule has 0 unspecified atom stereocenters. The van der Waals surface area contributed by atoms with Crippen LogP contribution in [0, 0.1) is 0 Å². The Kier molecular flexibility index (Phi) is 7.15. The van der Waals surface area contributed by atoms with E-state index in [4.69, 9.17) is 0 Å². The van der Waals surface area contributed by atoms with E-state index < -0.39 is 0 Å². The fraction of sp³-hybridized carbons (Fsp3) is 0.286. The van der Waals surface area contributed by atoms with E-state index in [-0.39, 0.29) is 5.78 Å². The van der Waals surface area contributed by atoms with E-state index in [9.17, 15) is 4.79 Å². The van der Waals surface area contributed by atoms with Crippen LogP contribution in [0.15, 0.2) is 76.5 Å². The summed E-state index contributed by atoms with van der Waals surface area (Å²) in [5, 5.41) is 0. The number of benzene rings is 2. The largest absolute Gasteiger partial charge is 0.289 e. The zero-order chi connectivity index (χ0) is 16.5. The second-order valence-corrected chi connectivity index (χ2v) is 6.83. The van der Waals surface area contributed by atoms with E-state index in [1.54, 1.807) is 11.8 Å². The van der Waals surface area contributed by atoms with E-state index >= 15 is 0 Å². The molecule has 2 heteroatoms. The number of allylic oxidation sites excluding steroid dienone is 1. The molecule has 0 saturated carbocycles. The highest BCUT2D eigenvalue weighted by Crippen LogP contribution is 2.27. The van der Waals surface area contributed by atoms with E-state index in [2.05, 4.69) is 25.6 Å². The van der Waals surface area contributed by atoms with Crippen LogP contribution in [0.3, 0.4) is 0 Å². The van der Waals surface area contributed by atoms with Gasteiger partial charge in [-0.3, -0.25) is 4.79 Å². The van der Waals surface area contributed by atoms with Gasteiger partial charge in [0.25, 0.3) is 0 Å². The molecule has 0 radical (unpaired) electrons. The van der Waals surface area contributed by atoms with Crippen molar-refractivity contribution in [3.63, 3.8) is 0 Å². The van der Waals surface area contributed by atoms with Crippen molar-refractivity contribution in [2.75, 3.05) is 0 Å². The van der Waals surface area contributed by atoms with E-state index in [1.807, 2.05) is 42.5 Å². The molecule has 0 aliphatic heterocycles. The van der Waals surface area contributed by atoms with Gasteiger partial charge in [-0.05, 0) is 54.8 Å². The highest BCUT2D eigenvalue weighted by Gasteiger charge is 2.10. The topological polar surface area (TPSA) is 17.1 Å². The van der Waals surface area contributed by atoms with Gasteiger partial charge < -0.3 is 0 Å². The number of hydrogen-bond acceptors (Lipinski definition) is 2. The number of unbranched alkanes of at least 4 members (excludes halogenated alkanes) is 3. The van der Waals surface area contributed by atoms with Crippen molar-refractivity contribution >= 4 is 17.5 Å². The van der Waals surface area contributed by atoms with Crippen LogP contribution in [0.1, 0.15) is 49.4 Å². The molecule has 0 aliphatic rings. The van der Waals surface area contributed by atoms with Crippen LogP contribution in [0.4, 0.5) is 0 Å². The lowest BCUT2D eigenvalue weighted by atomic mass is 9.99. The maximum absolute atomic E-state index is 12.4. The smallest absolute Gasteiger partial charge is 0.188 e. The minimum atomic E-state index is 0.0813. The van der Waals surface area contributed by atoms with E-state index in [1.165, 1.54) is 24.2 Å². The first-order valence-electron chi connectivity index (χ1n) is 8.26. The van der Waals surface area contributed by atoms with Crippen molar-refractivity contribution in [2.24, 2.45) is 0 Å². The number of rotatable bonds is 9. The van der Waals surface area contributed by atoms with Crippen LogP contribution >= 0.6 is 11.8 Å². The third-order valence-corrected chi connectivity index (χ3v) is 4.76. The van der Waals surface area contributed by atoms with Gasteiger partial charge in [-0.1, -0.05) is 62.7 Å². The first-order valence-corrected chi connectivity index (χ1v) is 9.08. The van der Waals surface area contributed by atoms with Gasteiger partial charge in [0.05, 0.1) is 0 Å². The lowest BCUT2D eigenvalue weighted by Gasteiger charge is -2.06. The molecule has 0 spiro atoms. The second kappa shape index (κ2) is 9.36. The van der Waals surface area contributed by atoms with Crippen LogP contribution in [-0.2, 0) is 0 Å². The van der Waals surface area contributed by atoms with Gasteiger partial charge in [0.2, 0.25) is 0 Å². The summed E-state index contributed by atoms with van der Waals surface area (Å²) in [6.07, 6.45) is 5.48. The Bertz CT molecular complexity index is 629. The van der Waals surface area contributed by atoms with Gasteiger partial charge in [0.1, 0.15) is 0 Å². The average Bonchev–Trinajstić information content (AvgIpc) is 2.59. The molecule has 1 nitrogen and oxygen atoms in total. The summed E-state index contributed by atoms with van der Waals surface area (Å²) in [4.78, 5) is 14.7. The van der Waals surface area contributed by atoms with Crippen LogP contribution in [-0.4, -0.2) is 5.78 Å². The average molecular weight is 324 g/mol. The Morgan fingerprint density at radius 2 is 1.57 bits per heavy atom. The Morgan fingerprint density at radius 3 is 2.22 bits per heavy atom. The number of carbonyl (C=O) groups excluding carboxylic acids is 1. The summed E-state index contributed by atoms with van der Waals surface area (Å²) in [5.41, 5.74) is 1.47. The number of hydrogen-bond donors (Lipinski definition) is 0.